The van der Waals surface area contributed by atoms with Gasteiger partial charge in [0.1, 0.15) is 11.0 Å². The van der Waals surface area contributed by atoms with E-state index in [1.165, 1.54) is 24.3 Å². The summed E-state index contributed by atoms with van der Waals surface area (Å²) in [5, 5.41) is 4.88. The highest BCUT2D eigenvalue weighted by atomic mass is 35.5. The van der Waals surface area contributed by atoms with Gasteiger partial charge in [0.15, 0.2) is 0 Å². The second-order valence-electron chi connectivity index (χ2n) is 5.60. The molecule has 1 aromatic carbocycles. The topological polar surface area (TPSA) is 79.4 Å². The van der Waals surface area contributed by atoms with Crippen LogP contribution in [0.5, 0.6) is 0 Å². The van der Waals surface area contributed by atoms with E-state index in [4.69, 9.17) is 16.3 Å². The summed E-state index contributed by atoms with van der Waals surface area (Å²) in [5.41, 5.74) is 0.195. The van der Waals surface area contributed by atoms with E-state index < -0.39 is 12.1 Å². The van der Waals surface area contributed by atoms with E-state index in [0.717, 1.165) is 0 Å². The van der Waals surface area contributed by atoms with Crippen molar-refractivity contribution in [2.75, 3.05) is 41.8 Å². The number of carbonyl (C=O) groups excluding carboxylic acids is 1. The van der Waals surface area contributed by atoms with Crippen molar-refractivity contribution in [3.8, 4) is 0 Å². The number of aromatic nitrogens is 2. The SMILES string of the molecule is O=C(Nc1ccccc1Nc1cc(Cl)nc(N2CCOCC2)n1)C(F)(F)F. The lowest BCUT2D eigenvalue weighted by atomic mass is 10.2. The molecule has 0 unspecified atom stereocenters. The molecule has 1 aliphatic heterocycles. The van der Waals surface area contributed by atoms with Gasteiger partial charge in [0.25, 0.3) is 0 Å². The van der Waals surface area contributed by atoms with Crippen molar-refractivity contribution in [3.05, 3.63) is 35.5 Å². The predicted octanol–water partition coefficient (Wildman–Crippen LogP) is 3.21. The first kappa shape index (κ1) is 19.2. The van der Waals surface area contributed by atoms with Gasteiger partial charge in [0.05, 0.1) is 24.6 Å². The van der Waals surface area contributed by atoms with Crippen LogP contribution in [-0.2, 0) is 9.53 Å². The fourth-order valence-electron chi connectivity index (χ4n) is 2.41. The second-order valence-corrected chi connectivity index (χ2v) is 5.99. The molecule has 0 atom stereocenters. The minimum absolute atomic E-state index is 0.0394. The third-order valence-electron chi connectivity index (χ3n) is 3.67. The number of rotatable bonds is 4. The van der Waals surface area contributed by atoms with Crippen molar-refractivity contribution in [3.63, 3.8) is 0 Å². The molecule has 7 nitrogen and oxygen atoms in total. The van der Waals surface area contributed by atoms with Crippen LogP contribution < -0.4 is 15.5 Å². The fourth-order valence-corrected chi connectivity index (χ4v) is 2.59. The molecule has 0 aliphatic carbocycles. The molecule has 3 rings (SSSR count). The normalized spacial score (nSPS) is 14.7. The zero-order valence-corrected chi connectivity index (χ0v) is 14.6. The number of nitrogens with zero attached hydrogens (tertiary/aromatic N) is 3. The number of anilines is 4. The standard InChI is InChI=1S/C16H15ClF3N5O2/c17-12-9-13(24-15(23-12)25-5-7-27-8-6-25)21-10-3-1-2-4-11(10)22-14(26)16(18,19)20/h1-4,9H,5-8H2,(H,22,26)(H,21,23,24). The number of halogens is 4. The first-order valence-electron chi connectivity index (χ1n) is 7.94. The highest BCUT2D eigenvalue weighted by molar-refractivity contribution is 6.29. The van der Waals surface area contributed by atoms with Crippen LogP contribution in [0, 0.1) is 0 Å². The van der Waals surface area contributed by atoms with Crippen LogP contribution in [-0.4, -0.2) is 48.4 Å². The van der Waals surface area contributed by atoms with E-state index in [-0.39, 0.29) is 22.3 Å². The Hall–Kier alpha value is -2.59. The van der Waals surface area contributed by atoms with Crippen LogP contribution in [0.4, 0.5) is 36.3 Å². The van der Waals surface area contributed by atoms with Gasteiger partial charge in [-0.1, -0.05) is 23.7 Å². The van der Waals surface area contributed by atoms with Crippen molar-refractivity contribution in [1.82, 2.24) is 9.97 Å². The van der Waals surface area contributed by atoms with Crippen molar-refractivity contribution in [2.45, 2.75) is 6.18 Å². The summed E-state index contributed by atoms with van der Waals surface area (Å²) < 4.78 is 42.8. The Morgan fingerprint density at radius 1 is 1.15 bits per heavy atom. The van der Waals surface area contributed by atoms with Gasteiger partial charge in [-0.15, -0.1) is 0 Å². The molecule has 1 amide bonds. The van der Waals surface area contributed by atoms with Crippen LogP contribution in [0.2, 0.25) is 5.15 Å². The molecular weight excluding hydrogens is 387 g/mol. The molecule has 27 heavy (non-hydrogen) atoms. The molecule has 1 saturated heterocycles. The van der Waals surface area contributed by atoms with E-state index in [1.807, 2.05) is 10.2 Å². The molecule has 0 bridgehead atoms. The van der Waals surface area contributed by atoms with Gasteiger partial charge in [-0.05, 0) is 12.1 Å². The third-order valence-corrected chi connectivity index (χ3v) is 3.87. The van der Waals surface area contributed by atoms with Crippen LogP contribution in [0.15, 0.2) is 30.3 Å². The molecule has 2 aromatic rings. The fraction of sp³-hybridized carbons (Fsp3) is 0.312. The number of nitrogens with one attached hydrogen (secondary N) is 2. The Morgan fingerprint density at radius 3 is 2.48 bits per heavy atom. The Bertz CT molecular complexity index is 828. The van der Waals surface area contributed by atoms with Crippen molar-refractivity contribution >= 4 is 40.6 Å². The lowest BCUT2D eigenvalue weighted by Gasteiger charge is -2.27. The van der Waals surface area contributed by atoms with Crippen molar-refractivity contribution in [1.29, 1.82) is 0 Å². The van der Waals surface area contributed by atoms with Crippen LogP contribution in [0.1, 0.15) is 0 Å². The summed E-state index contributed by atoms with van der Waals surface area (Å²) >= 11 is 6.05. The number of hydrogen-bond acceptors (Lipinski definition) is 6. The molecular formula is C16H15ClF3N5O2. The molecule has 0 radical (unpaired) electrons. The Morgan fingerprint density at radius 2 is 1.81 bits per heavy atom. The molecule has 2 heterocycles. The highest BCUT2D eigenvalue weighted by Crippen LogP contribution is 2.28. The van der Waals surface area contributed by atoms with E-state index in [1.54, 1.807) is 6.07 Å². The van der Waals surface area contributed by atoms with E-state index in [0.29, 0.717) is 32.3 Å². The van der Waals surface area contributed by atoms with Crippen LogP contribution >= 0.6 is 11.6 Å². The van der Waals surface area contributed by atoms with Crippen molar-refractivity contribution in [2.24, 2.45) is 0 Å². The highest BCUT2D eigenvalue weighted by Gasteiger charge is 2.39. The van der Waals surface area contributed by atoms with Gasteiger partial charge >= 0.3 is 12.1 Å². The van der Waals surface area contributed by atoms with E-state index in [2.05, 4.69) is 15.3 Å². The molecule has 0 spiro atoms. The number of para-hydroxylation sites is 2. The maximum absolute atomic E-state index is 12.5. The zero-order chi connectivity index (χ0) is 19.4. The Balaban J connectivity index is 1.83. The maximum atomic E-state index is 12.5. The molecule has 0 saturated carbocycles. The molecule has 1 aliphatic rings. The van der Waals surface area contributed by atoms with E-state index in [9.17, 15) is 18.0 Å². The van der Waals surface area contributed by atoms with Gasteiger partial charge in [-0.2, -0.15) is 18.2 Å². The largest absolute Gasteiger partial charge is 0.471 e. The summed E-state index contributed by atoms with van der Waals surface area (Å²) in [4.78, 5) is 21.6. The van der Waals surface area contributed by atoms with Gasteiger partial charge < -0.3 is 20.3 Å². The Kier molecular flexibility index (Phi) is 5.66. The number of carbonyl (C=O) groups is 1. The number of benzene rings is 1. The average Bonchev–Trinajstić information content (AvgIpc) is 2.63. The molecule has 1 aromatic heterocycles. The van der Waals surface area contributed by atoms with Gasteiger partial charge in [0, 0.05) is 19.2 Å². The molecule has 1 fully saturated rings. The third kappa shape index (κ3) is 4.98. The van der Waals surface area contributed by atoms with Gasteiger partial charge in [-0.25, -0.2) is 4.98 Å². The second kappa shape index (κ2) is 7.97. The van der Waals surface area contributed by atoms with Crippen LogP contribution in [0.3, 0.4) is 0 Å². The molecule has 144 valence electrons. The zero-order valence-electron chi connectivity index (χ0n) is 13.9. The number of amides is 1. The first-order valence-corrected chi connectivity index (χ1v) is 8.32. The number of ether oxygens (including phenoxy) is 1. The smallest absolute Gasteiger partial charge is 0.378 e. The van der Waals surface area contributed by atoms with Gasteiger partial charge in [-0.3, -0.25) is 4.79 Å². The summed E-state index contributed by atoms with van der Waals surface area (Å²) in [7, 11) is 0. The average molecular weight is 402 g/mol. The minimum Gasteiger partial charge on any atom is -0.378 e. The maximum Gasteiger partial charge on any atom is 0.471 e. The Labute approximate surface area is 157 Å². The lowest BCUT2D eigenvalue weighted by Crippen LogP contribution is -2.37. The van der Waals surface area contributed by atoms with E-state index >= 15 is 0 Å². The van der Waals surface area contributed by atoms with Crippen molar-refractivity contribution < 1.29 is 22.7 Å². The predicted molar refractivity (Wildman–Crippen MR) is 94.5 cm³/mol. The summed E-state index contributed by atoms with van der Waals surface area (Å²) in [6.07, 6.45) is -4.99. The quantitative estimate of drug-likeness (QED) is 0.766. The van der Waals surface area contributed by atoms with Gasteiger partial charge in [0.2, 0.25) is 5.95 Å². The monoisotopic (exact) mass is 401 g/mol. The van der Waals surface area contributed by atoms with Crippen LogP contribution in [0.25, 0.3) is 0 Å². The summed E-state index contributed by atoms with van der Waals surface area (Å²) in [5.74, 6) is -1.40. The lowest BCUT2D eigenvalue weighted by molar-refractivity contribution is -0.167. The number of morpholine rings is 1. The molecule has 2 N–H and O–H groups in total. The minimum atomic E-state index is -4.99. The first-order chi connectivity index (χ1) is 12.8. The summed E-state index contributed by atoms with van der Waals surface area (Å²) in [6, 6.07) is 7.41. The molecule has 11 heteroatoms. The number of alkyl halides is 3. The summed E-state index contributed by atoms with van der Waals surface area (Å²) in [6.45, 7) is 2.26. The number of hydrogen-bond donors (Lipinski definition) is 2.